The average molecular weight is 367 g/mol. The Morgan fingerprint density at radius 1 is 1.15 bits per heavy atom. The fraction of sp³-hybridized carbons (Fsp3) is 0.250. The van der Waals surface area contributed by atoms with Crippen LogP contribution < -0.4 is 20.3 Å². The molecule has 0 saturated heterocycles. The van der Waals surface area contributed by atoms with E-state index >= 15 is 0 Å². The minimum atomic E-state index is -0.903. The van der Waals surface area contributed by atoms with Crippen molar-refractivity contribution in [3.05, 3.63) is 48.5 Å². The number of benzene rings is 2. The van der Waals surface area contributed by atoms with Gasteiger partial charge in [0.15, 0.2) is 0 Å². The van der Waals surface area contributed by atoms with Gasteiger partial charge in [0.25, 0.3) is 0 Å². The van der Waals surface area contributed by atoms with Crippen LogP contribution in [-0.2, 0) is 14.4 Å². The van der Waals surface area contributed by atoms with Crippen molar-refractivity contribution >= 4 is 34.8 Å². The molecule has 2 aromatic rings. The summed E-state index contributed by atoms with van der Waals surface area (Å²) in [6.45, 7) is 3.83. The summed E-state index contributed by atoms with van der Waals surface area (Å²) in [5, 5.41) is 5.51. The van der Waals surface area contributed by atoms with E-state index in [2.05, 4.69) is 10.6 Å². The molecule has 0 bridgehead atoms. The third-order valence-electron chi connectivity index (χ3n) is 4.20. The normalized spacial score (nSPS) is 15.6. The number of rotatable bonds is 5. The van der Waals surface area contributed by atoms with E-state index in [9.17, 15) is 14.4 Å². The van der Waals surface area contributed by atoms with Gasteiger partial charge in [-0.15, -0.1) is 0 Å². The second-order valence-corrected chi connectivity index (χ2v) is 6.12. The predicted octanol–water partition coefficient (Wildman–Crippen LogP) is 2.79. The van der Waals surface area contributed by atoms with Gasteiger partial charge >= 0.3 is 0 Å². The molecule has 1 atom stereocenters. The Hall–Kier alpha value is -3.35. The maximum Gasteiger partial charge on any atom is 0.248 e. The molecule has 3 rings (SSSR count). The number of hydrogen-bond donors (Lipinski definition) is 2. The topological polar surface area (TPSA) is 87.7 Å². The van der Waals surface area contributed by atoms with E-state index in [1.807, 2.05) is 6.92 Å². The fourth-order valence-corrected chi connectivity index (χ4v) is 3.05. The highest BCUT2D eigenvalue weighted by Gasteiger charge is 2.36. The molecule has 27 heavy (non-hydrogen) atoms. The molecular formula is C20H21N3O4. The molecular weight excluding hydrogens is 346 g/mol. The Bertz CT molecular complexity index is 864. The van der Waals surface area contributed by atoms with Crippen LogP contribution in [0.4, 0.5) is 17.1 Å². The molecule has 3 amide bonds. The number of para-hydroxylation sites is 2. The summed E-state index contributed by atoms with van der Waals surface area (Å²) in [7, 11) is 0. The highest BCUT2D eigenvalue weighted by Crippen LogP contribution is 2.33. The first kappa shape index (κ1) is 18.4. The van der Waals surface area contributed by atoms with Gasteiger partial charge in [0.1, 0.15) is 11.8 Å². The first-order chi connectivity index (χ1) is 13.0. The summed E-state index contributed by atoms with van der Waals surface area (Å²) < 4.78 is 5.37. The van der Waals surface area contributed by atoms with Crippen molar-refractivity contribution in [2.45, 2.75) is 26.3 Å². The lowest BCUT2D eigenvalue weighted by molar-refractivity contribution is -0.125. The van der Waals surface area contributed by atoms with Crippen molar-refractivity contribution in [3.8, 4) is 5.75 Å². The lowest BCUT2D eigenvalue weighted by atomic mass is 10.0. The van der Waals surface area contributed by atoms with E-state index in [0.29, 0.717) is 29.4 Å². The van der Waals surface area contributed by atoms with Crippen molar-refractivity contribution in [3.63, 3.8) is 0 Å². The van der Waals surface area contributed by atoms with Gasteiger partial charge in [-0.25, -0.2) is 0 Å². The molecule has 1 aliphatic rings. The van der Waals surface area contributed by atoms with Crippen LogP contribution in [-0.4, -0.2) is 30.4 Å². The van der Waals surface area contributed by atoms with Crippen LogP contribution >= 0.6 is 0 Å². The third-order valence-corrected chi connectivity index (χ3v) is 4.20. The molecule has 0 spiro atoms. The van der Waals surface area contributed by atoms with E-state index in [4.69, 9.17) is 4.74 Å². The number of hydrogen-bond acceptors (Lipinski definition) is 4. The van der Waals surface area contributed by atoms with Crippen molar-refractivity contribution in [1.29, 1.82) is 0 Å². The number of amides is 3. The van der Waals surface area contributed by atoms with Crippen molar-refractivity contribution < 1.29 is 19.1 Å². The smallest absolute Gasteiger partial charge is 0.248 e. The van der Waals surface area contributed by atoms with Crippen molar-refractivity contribution in [1.82, 2.24) is 0 Å². The molecule has 140 valence electrons. The van der Waals surface area contributed by atoms with Gasteiger partial charge < -0.3 is 15.4 Å². The summed E-state index contributed by atoms with van der Waals surface area (Å²) in [6.07, 6.45) is -0.146. The minimum Gasteiger partial charge on any atom is -0.494 e. The van der Waals surface area contributed by atoms with Gasteiger partial charge in [-0.3, -0.25) is 19.3 Å². The summed E-state index contributed by atoms with van der Waals surface area (Å²) in [6, 6.07) is 13.1. The highest BCUT2D eigenvalue weighted by molar-refractivity contribution is 6.13. The van der Waals surface area contributed by atoms with E-state index in [-0.39, 0.29) is 24.1 Å². The molecule has 0 saturated carbocycles. The molecule has 1 heterocycles. The molecule has 2 N–H and O–H groups in total. The molecule has 0 aromatic heterocycles. The van der Waals surface area contributed by atoms with Crippen LogP contribution in [0.25, 0.3) is 0 Å². The SMILES string of the molecule is CCOc1ccc(NC(=O)C[C@H]2C(=O)Nc3ccccc3N2C(C)=O)cc1. The van der Waals surface area contributed by atoms with E-state index < -0.39 is 6.04 Å². The Labute approximate surface area is 157 Å². The van der Waals surface area contributed by atoms with Crippen molar-refractivity contribution in [2.75, 3.05) is 22.1 Å². The highest BCUT2D eigenvalue weighted by atomic mass is 16.5. The van der Waals surface area contributed by atoms with Gasteiger partial charge in [-0.05, 0) is 43.3 Å². The number of anilines is 3. The quantitative estimate of drug-likeness (QED) is 0.851. The molecule has 0 radical (unpaired) electrons. The molecule has 2 aromatic carbocycles. The molecule has 0 fully saturated rings. The van der Waals surface area contributed by atoms with E-state index in [1.165, 1.54) is 11.8 Å². The van der Waals surface area contributed by atoms with Crippen molar-refractivity contribution in [2.24, 2.45) is 0 Å². The zero-order valence-corrected chi connectivity index (χ0v) is 15.2. The monoisotopic (exact) mass is 367 g/mol. The lowest BCUT2D eigenvalue weighted by Crippen LogP contribution is -2.51. The van der Waals surface area contributed by atoms with Crippen LogP contribution in [0.2, 0.25) is 0 Å². The summed E-state index contributed by atoms with van der Waals surface area (Å²) in [5.41, 5.74) is 1.73. The molecule has 7 nitrogen and oxygen atoms in total. The zero-order valence-electron chi connectivity index (χ0n) is 15.2. The predicted molar refractivity (Wildman–Crippen MR) is 103 cm³/mol. The summed E-state index contributed by atoms with van der Waals surface area (Å²) in [5.74, 6) is -0.326. The second kappa shape index (κ2) is 7.90. The number of ether oxygens (including phenoxy) is 1. The first-order valence-corrected chi connectivity index (χ1v) is 8.72. The Kier molecular flexibility index (Phi) is 5.40. The van der Waals surface area contributed by atoms with Crippen LogP contribution in [0.1, 0.15) is 20.3 Å². The number of nitrogens with zero attached hydrogens (tertiary/aromatic N) is 1. The van der Waals surface area contributed by atoms with Crippen LogP contribution in [0.15, 0.2) is 48.5 Å². The maximum absolute atomic E-state index is 12.5. The van der Waals surface area contributed by atoms with Crippen LogP contribution in [0.3, 0.4) is 0 Å². The van der Waals surface area contributed by atoms with Gasteiger partial charge in [-0.1, -0.05) is 12.1 Å². The number of carbonyl (C=O) groups excluding carboxylic acids is 3. The standard InChI is InChI=1S/C20H21N3O4/c1-3-27-15-10-8-14(9-11-15)21-19(25)12-18-20(26)22-16-6-4-5-7-17(16)23(18)13(2)24/h4-11,18H,3,12H2,1-2H3,(H,21,25)(H,22,26)/t18-/m0/s1. The van der Waals surface area contributed by atoms with Crippen LogP contribution in [0, 0.1) is 0 Å². The van der Waals surface area contributed by atoms with Gasteiger partial charge in [0.05, 0.1) is 24.4 Å². The number of carbonyl (C=O) groups is 3. The number of nitrogens with one attached hydrogen (secondary N) is 2. The molecule has 7 heteroatoms. The van der Waals surface area contributed by atoms with E-state index in [1.54, 1.807) is 48.5 Å². The Morgan fingerprint density at radius 2 is 1.85 bits per heavy atom. The van der Waals surface area contributed by atoms with Crippen LogP contribution in [0.5, 0.6) is 5.75 Å². The number of fused-ring (bicyclic) bond motifs is 1. The second-order valence-electron chi connectivity index (χ2n) is 6.12. The van der Waals surface area contributed by atoms with Gasteiger partial charge in [0.2, 0.25) is 17.7 Å². The summed E-state index contributed by atoms with van der Waals surface area (Å²) >= 11 is 0. The average Bonchev–Trinajstić information content (AvgIpc) is 2.64. The fourth-order valence-electron chi connectivity index (χ4n) is 3.05. The molecule has 0 aliphatic carbocycles. The Morgan fingerprint density at radius 3 is 2.52 bits per heavy atom. The Balaban J connectivity index is 1.74. The maximum atomic E-state index is 12.5. The van der Waals surface area contributed by atoms with Gasteiger partial charge in [0, 0.05) is 12.6 Å². The largest absolute Gasteiger partial charge is 0.494 e. The lowest BCUT2D eigenvalue weighted by Gasteiger charge is -2.35. The van der Waals surface area contributed by atoms with E-state index in [0.717, 1.165) is 0 Å². The van der Waals surface area contributed by atoms with Gasteiger partial charge in [-0.2, -0.15) is 0 Å². The first-order valence-electron chi connectivity index (χ1n) is 8.72. The molecule has 1 aliphatic heterocycles. The zero-order chi connectivity index (χ0) is 19.4. The summed E-state index contributed by atoms with van der Waals surface area (Å²) in [4.78, 5) is 38.5. The molecule has 0 unspecified atom stereocenters. The third kappa shape index (κ3) is 4.08. The minimum absolute atomic E-state index is 0.146.